The zero-order chi connectivity index (χ0) is 33.1. The van der Waals surface area contributed by atoms with Crippen molar-refractivity contribution in [2.45, 2.75) is 91.1 Å². The van der Waals surface area contributed by atoms with Crippen LogP contribution < -0.4 is 10.9 Å². The molecule has 1 amide bonds. The maximum absolute atomic E-state index is 13.9. The molecule has 1 saturated heterocycles. The van der Waals surface area contributed by atoms with Crippen LogP contribution in [-0.2, 0) is 16.0 Å². The average molecular weight is 633 g/mol. The van der Waals surface area contributed by atoms with Crippen LogP contribution in [0.5, 0.6) is 0 Å². The predicted molar refractivity (Wildman–Crippen MR) is 186 cm³/mol. The van der Waals surface area contributed by atoms with Crippen molar-refractivity contribution >= 4 is 5.91 Å². The Labute approximate surface area is 276 Å². The zero-order valence-electron chi connectivity index (χ0n) is 29.1. The summed E-state index contributed by atoms with van der Waals surface area (Å²) < 4.78 is 10.8. The standard InChI is InChI=1S/C38H56N4O4/c1-7-8-11-33(31-12-14-32(15-13-31)41(5)17-20-45-6)34-24-30(10-9-16-42-18-21-46-22-19-42)25-35(29(34)4)37(43)39-26-36-27(2)23-28(3)40-38(36)44/h23-25,31-33H,7-8,11-22,26H2,1-6H3,(H,39,43)(H,40,44). The number of unbranched alkanes of at least 4 members (excludes halogenated alkanes) is 1. The van der Waals surface area contributed by atoms with E-state index in [9.17, 15) is 9.59 Å². The number of pyridine rings is 1. The van der Waals surface area contributed by atoms with Gasteiger partial charge in [0.25, 0.3) is 11.5 Å². The molecule has 46 heavy (non-hydrogen) atoms. The monoisotopic (exact) mass is 632 g/mol. The number of benzene rings is 1. The summed E-state index contributed by atoms with van der Waals surface area (Å²) in [6.45, 7) is 14.0. The maximum Gasteiger partial charge on any atom is 0.253 e. The lowest BCUT2D eigenvalue weighted by atomic mass is 9.71. The SMILES string of the molecule is CCCCC(c1cc(C#CCN2CCOCC2)cc(C(=O)NCc2c(C)cc(C)[nH]c2=O)c1C)C1CCC(N(C)CCOC)CC1. The van der Waals surface area contributed by atoms with E-state index in [0.29, 0.717) is 35.5 Å². The van der Waals surface area contributed by atoms with Crippen molar-refractivity contribution in [2.24, 2.45) is 5.92 Å². The van der Waals surface area contributed by atoms with E-state index in [4.69, 9.17) is 9.47 Å². The number of carbonyl (C=O) groups is 1. The second-order valence-corrected chi connectivity index (χ2v) is 13.3. The van der Waals surface area contributed by atoms with Gasteiger partial charge in [0, 0.05) is 61.7 Å². The van der Waals surface area contributed by atoms with E-state index in [1.807, 2.05) is 26.0 Å². The van der Waals surface area contributed by atoms with Gasteiger partial charge in [0.2, 0.25) is 0 Å². The fraction of sp³-hybridized carbons (Fsp3) is 0.632. The van der Waals surface area contributed by atoms with Gasteiger partial charge in [-0.3, -0.25) is 14.5 Å². The number of hydrogen-bond acceptors (Lipinski definition) is 6. The highest BCUT2D eigenvalue weighted by Crippen LogP contribution is 2.42. The molecule has 2 fully saturated rings. The fourth-order valence-electron chi connectivity index (χ4n) is 7.24. The number of nitrogens with one attached hydrogen (secondary N) is 2. The first-order valence-corrected chi connectivity index (χ1v) is 17.3. The van der Waals surface area contributed by atoms with Crippen molar-refractivity contribution in [3.8, 4) is 11.8 Å². The summed E-state index contributed by atoms with van der Waals surface area (Å²) in [7, 11) is 3.99. The minimum absolute atomic E-state index is 0.152. The molecule has 2 heterocycles. The van der Waals surface area contributed by atoms with Crippen molar-refractivity contribution < 1.29 is 14.3 Å². The number of carbonyl (C=O) groups excluding carboxylic acids is 1. The van der Waals surface area contributed by atoms with Crippen LogP contribution in [0.25, 0.3) is 0 Å². The lowest BCUT2D eigenvalue weighted by Crippen LogP contribution is -2.38. The first kappa shape index (κ1) is 35.9. The lowest BCUT2D eigenvalue weighted by Gasteiger charge is -2.38. The molecule has 2 aromatic rings. The molecule has 1 aliphatic carbocycles. The average Bonchev–Trinajstić information content (AvgIpc) is 3.05. The van der Waals surface area contributed by atoms with Gasteiger partial charge >= 0.3 is 0 Å². The van der Waals surface area contributed by atoms with Gasteiger partial charge in [-0.25, -0.2) is 0 Å². The van der Waals surface area contributed by atoms with Gasteiger partial charge in [0.05, 0.1) is 26.4 Å². The normalized spacial score (nSPS) is 19.5. The summed E-state index contributed by atoms with van der Waals surface area (Å²) in [5.74, 6) is 7.59. The molecule has 1 saturated carbocycles. The van der Waals surface area contributed by atoms with Gasteiger partial charge in [0.15, 0.2) is 0 Å². The van der Waals surface area contributed by atoms with Crippen LogP contribution in [0.1, 0.15) is 102 Å². The number of aryl methyl sites for hydroxylation is 2. The summed E-state index contributed by atoms with van der Waals surface area (Å²) in [5, 5.41) is 3.07. The maximum atomic E-state index is 13.9. The second-order valence-electron chi connectivity index (χ2n) is 13.3. The number of hydrogen-bond donors (Lipinski definition) is 2. The van der Waals surface area contributed by atoms with Crippen molar-refractivity contribution in [2.75, 3.05) is 60.2 Å². The molecule has 0 spiro atoms. The number of aromatic amines is 1. The number of nitrogens with zero attached hydrogens (tertiary/aromatic N) is 2. The van der Waals surface area contributed by atoms with Crippen molar-refractivity contribution in [3.63, 3.8) is 0 Å². The number of amides is 1. The smallest absolute Gasteiger partial charge is 0.253 e. The van der Waals surface area contributed by atoms with Crippen LogP contribution >= 0.6 is 0 Å². The number of H-pyrrole nitrogens is 1. The predicted octanol–water partition coefficient (Wildman–Crippen LogP) is 5.32. The Bertz CT molecular complexity index is 1410. The summed E-state index contributed by atoms with van der Waals surface area (Å²) >= 11 is 0. The molecule has 4 rings (SSSR count). The number of ether oxygens (including phenoxy) is 2. The first-order valence-electron chi connectivity index (χ1n) is 17.3. The molecule has 0 radical (unpaired) electrons. The molecule has 1 aromatic carbocycles. The topological polar surface area (TPSA) is 86.9 Å². The molecule has 2 aliphatic rings. The molecule has 2 N–H and O–H groups in total. The molecule has 1 aliphatic heterocycles. The Morgan fingerprint density at radius 2 is 1.89 bits per heavy atom. The summed E-state index contributed by atoms with van der Waals surface area (Å²) in [4.78, 5) is 34.2. The zero-order valence-corrected chi connectivity index (χ0v) is 29.1. The van der Waals surface area contributed by atoms with E-state index >= 15 is 0 Å². The van der Waals surface area contributed by atoms with Gasteiger partial charge in [-0.1, -0.05) is 31.6 Å². The largest absolute Gasteiger partial charge is 0.383 e. The summed E-state index contributed by atoms with van der Waals surface area (Å²) in [6, 6.07) is 6.75. The van der Waals surface area contributed by atoms with Crippen molar-refractivity contribution in [1.29, 1.82) is 0 Å². The number of aromatic nitrogens is 1. The molecule has 0 bridgehead atoms. The Hall–Kier alpha value is -2.96. The van der Waals surface area contributed by atoms with Gasteiger partial charge in [0.1, 0.15) is 0 Å². The summed E-state index contributed by atoms with van der Waals surface area (Å²) in [5.41, 5.74) is 5.97. The number of likely N-dealkylation sites (N-methyl/N-ethyl adjacent to an activating group) is 1. The van der Waals surface area contributed by atoms with Gasteiger partial charge in [-0.05, 0) is 107 Å². The second kappa shape index (κ2) is 17.8. The van der Waals surface area contributed by atoms with Gasteiger partial charge in [-0.15, -0.1) is 0 Å². The van der Waals surface area contributed by atoms with E-state index in [1.165, 1.54) is 31.2 Å². The Morgan fingerprint density at radius 3 is 2.57 bits per heavy atom. The van der Waals surface area contributed by atoms with Crippen LogP contribution in [0.4, 0.5) is 0 Å². The molecular weight excluding hydrogens is 576 g/mol. The van der Waals surface area contributed by atoms with Crippen LogP contribution in [0, 0.1) is 38.5 Å². The third-order valence-electron chi connectivity index (χ3n) is 10.1. The highest BCUT2D eigenvalue weighted by atomic mass is 16.5. The molecule has 252 valence electrons. The quantitative estimate of drug-likeness (QED) is 0.291. The highest BCUT2D eigenvalue weighted by molar-refractivity contribution is 5.96. The Kier molecular flexibility index (Phi) is 13.9. The first-order chi connectivity index (χ1) is 22.2. The van der Waals surface area contributed by atoms with Crippen LogP contribution in [0.3, 0.4) is 0 Å². The van der Waals surface area contributed by atoms with Crippen LogP contribution in [-0.4, -0.2) is 86.9 Å². The molecular formula is C38H56N4O4. The van der Waals surface area contributed by atoms with Gasteiger partial charge in [-0.2, -0.15) is 0 Å². The number of morpholine rings is 1. The molecule has 1 aromatic heterocycles. The summed E-state index contributed by atoms with van der Waals surface area (Å²) in [6.07, 6.45) is 8.13. The lowest BCUT2D eigenvalue weighted by molar-refractivity contribution is 0.0443. The minimum Gasteiger partial charge on any atom is -0.383 e. The minimum atomic E-state index is -0.160. The molecule has 8 nitrogen and oxygen atoms in total. The van der Waals surface area contributed by atoms with E-state index < -0.39 is 0 Å². The number of rotatable bonds is 13. The van der Waals surface area contributed by atoms with Crippen molar-refractivity contribution in [1.82, 2.24) is 20.1 Å². The Morgan fingerprint density at radius 1 is 1.15 bits per heavy atom. The Balaban J connectivity index is 1.63. The van der Waals surface area contributed by atoms with E-state index in [0.717, 1.165) is 81.1 Å². The van der Waals surface area contributed by atoms with E-state index in [1.54, 1.807) is 7.11 Å². The fourth-order valence-corrected chi connectivity index (χ4v) is 7.24. The van der Waals surface area contributed by atoms with Crippen LogP contribution in [0.15, 0.2) is 23.0 Å². The van der Waals surface area contributed by atoms with E-state index in [2.05, 4.69) is 58.9 Å². The van der Waals surface area contributed by atoms with Crippen LogP contribution in [0.2, 0.25) is 0 Å². The van der Waals surface area contributed by atoms with Gasteiger partial charge < -0.3 is 24.7 Å². The number of methoxy groups -OCH3 is 1. The third kappa shape index (κ3) is 9.78. The molecule has 1 atom stereocenters. The van der Waals surface area contributed by atoms with Crippen molar-refractivity contribution in [3.05, 3.63) is 67.6 Å². The highest BCUT2D eigenvalue weighted by Gasteiger charge is 2.31. The molecule has 8 heteroatoms. The van der Waals surface area contributed by atoms with E-state index in [-0.39, 0.29) is 18.0 Å². The molecule has 1 unspecified atom stereocenters. The third-order valence-corrected chi connectivity index (χ3v) is 10.1.